The molecule has 0 fully saturated rings. The van der Waals surface area contributed by atoms with Gasteiger partial charge in [0.15, 0.2) is 6.04 Å². The third-order valence-corrected chi connectivity index (χ3v) is 6.69. The molecule has 4 rings (SSSR count). The van der Waals surface area contributed by atoms with Gasteiger partial charge in [-0.05, 0) is 36.0 Å². The molecule has 1 N–H and O–H groups in total. The number of thiazole rings is 1. The zero-order valence-electron chi connectivity index (χ0n) is 17.2. The Bertz CT molecular complexity index is 1120. The van der Waals surface area contributed by atoms with Crippen molar-refractivity contribution in [3.63, 3.8) is 0 Å². The van der Waals surface area contributed by atoms with Crippen molar-refractivity contribution in [1.29, 1.82) is 0 Å². The second-order valence-electron chi connectivity index (χ2n) is 7.00. The summed E-state index contributed by atoms with van der Waals surface area (Å²) in [5.74, 6) is 0.407. The molecule has 1 aliphatic heterocycles. The number of benzene rings is 2. The smallest absolute Gasteiger partial charge is 0.345 e. The van der Waals surface area contributed by atoms with Crippen molar-refractivity contribution in [3.05, 3.63) is 71.4 Å². The predicted molar refractivity (Wildman–Crippen MR) is 116 cm³/mol. The number of aromatic hydroxyl groups is 1. The molecule has 0 radical (unpaired) electrons. The summed E-state index contributed by atoms with van der Waals surface area (Å²) in [5.41, 5.74) is 3.03. The Hall–Kier alpha value is -3.32. The van der Waals surface area contributed by atoms with Crippen LogP contribution >= 0.6 is 11.3 Å². The number of hydrogen-bond acceptors (Lipinski definition) is 6. The molecule has 30 heavy (non-hydrogen) atoms. The third kappa shape index (κ3) is 3.11. The highest BCUT2D eigenvalue weighted by molar-refractivity contribution is 7.18. The maximum atomic E-state index is 12.8. The van der Waals surface area contributed by atoms with E-state index in [1.54, 1.807) is 11.7 Å². The van der Waals surface area contributed by atoms with Crippen LogP contribution < -0.4 is 14.2 Å². The molecule has 1 aromatic heterocycles. The summed E-state index contributed by atoms with van der Waals surface area (Å²) in [6.45, 7) is 1.89. The molecule has 0 bridgehead atoms. The quantitative estimate of drug-likeness (QED) is 0.509. The van der Waals surface area contributed by atoms with Crippen LogP contribution in [0, 0.1) is 0 Å². The van der Waals surface area contributed by atoms with Crippen LogP contribution in [0.25, 0.3) is 10.4 Å². The molecular weight excluding hydrogens is 400 g/mol. The lowest BCUT2D eigenvalue weighted by molar-refractivity contribution is -0.695. The Labute approximate surface area is 179 Å². The van der Waals surface area contributed by atoms with E-state index in [0.717, 1.165) is 32.6 Å². The number of rotatable bonds is 4. The second-order valence-corrected chi connectivity index (χ2v) is 7.98. The van der Waals surface area contributed by atoms with Crippen molar-refractivity contribution in [2.75, 3.05) is 26.2 Å². The van der Waals surface area contributed by atoms with Gasteiger partial charge in [-0.2, -0.15) is 4.57 Å². The van der Waals surface area contributed by atoms with E-state index < -0.39 is 12.0 Å². The van der Waals surface area contributed by atoms with E-state index in [-0.39, 0.29) is 5.88 Å². The van der Waals surface area contributed by atoms with Crippen LogP contribution in [0.15, 0.2) is 65.9 Å². The Morgan fingerprint density at radius 2 is 1.77 bits per heavy atom. The van der Waals surface area contributed by atoms with E-state index >= 15 is 0 Å². The van der Waals surface area contributed by atoms with Gasteiger partial charge in [-0.3, -0.25) is 0 Å². The van der Waals surface area contributed by atoms with Crippen molar-refractivity contribution < 1.29 is 23.9 Å². The number of aromatic nitrogens is 1. The molecule has 0 amide bonds. The van der Waals surface area contributed by atoms with Crippen LogP contribution in [0.2, 0.25) is 0 Å². The number of anilines is 1. The molecule has 2 heterocycles. The standard InChI is InChI=1S/C23H22N2O4S/c1-14-18(22(27)29-4)19(15-10-12-17(28-3)13-11-15)25-21(26)20(30-23(25)24(14)2)16-8-6-5-7-9-16/h5-13,19H,1-4H3/p+1/t19-/m1/s1. The normalized spacial score (nSPS) is 15.7. The van der Waals surface area contributed by atoms with Crippen molar-refractivity contribution in [1.82, 2.24) is 0 Å². The van der Waals surface area contributed by atoms with Gasteiger partial charge in [0.2, 0.25) is 0 Å². The van der Waals surface area contributed by atoms with Crippen LogP contribution in [0.4, 0.5) is 5.13 Å². The highest BCUT2D eigenvalue weighted by Crippen LogP contribution is 2.44. The minimum Gasteiger partial charge on any atom is -0.497 e. The molecule has 0 unspecified atom stereocenters. The average molecular weight is 424 g/mol. The summed E-state index contributed by atoms with van der Waals surface area (Å²) >= 11 is 1.48. The monoisotopic (exact) mass is 423 g/mol. The van der Waals surface area contributed by atoms with Crippen molar-refractivity contribution in [3.8, 4) is 22.1 Å². The van der Waals surface area contributed by atoms with Gasteiger partial charge in [0, 0.05) is 5.56 Å². The van der Waals surface area contributed by atoms with E-state index in [4.69, 9.17) is 9.47 Å². The van der Waals surface area contributed by atoms with E-state index in [9.17, 15) is 9.90 Å². The molecule has 154 valence electrons. The summed E-state index contributed by atoms with van der Waals surface area (Å²) in [7, 11) is 4.87. The lowest BCUT2D eigenvalue weighted by Crippen LogP contribution is -2.50. The largest absolute Gasteiger partial charge is 0.497 e. The van der Waals surface area contributed by atoms with Crippen molar-refractivity contribution in [2.45, 2.75) is 13.0 Å². The molecule has 3 aromatic rings. The number of hydrogen-bond donors (Lipinski definition) is 1. The fourth-order valence-electron chi connectivity index (χ4n) is 3.75. The van der Waals surface area contributed by atoms with Crippen molar-refractivity contribution >= 4 is 22.4 Å². The fraction of sp³-hybridized carbons (Fsp3) is 0.217. The molecule has 0 saturated carbocycles. The van der Waals surface area contributed by atoms with Crippen LogP contribution in [0.5, 0.6) is 11.6 Å². The maximum Gasteiger partial charge on any atom is 0.345 e. The summed E-state index contributed by atoms with van der Waals surface area (Å²) in [5, 5.41) is 12.1. The number of carbonyl (C=O) groups is 1. The third-order valence-electron chi connectivity index (χ3n) is 5.42. The minimum absolute atomic E-state index is 0.114. The summed E-state index contributed by atoms with van der Waals surface area (Å²) in [6.07, 6.45) is 0. The van der Waals surface area contributed by atoms with Crippen molar-refractivity contribution in [2.24, 2.45) is 0 Å². The predicted octanol–water partition coefficient (Wildman–Crippen LogP) is 3.90. The molecule has 0 saturated heterocycles. The Balaban J connectivity index is 1.97. The first kappa shape index (κ1) is 20.0. The number of nitrogens with zero attached hydrogens (tertiary/aromatic N) is 2. The molecular formula is C23H23N2O4S+. The van der Waals surface area contributed by atoms with Gasteiger partial charge < -0.3 is 14.6 Å². The Morgan fingerprint density at radius 1 is 1.10 bits per heavy atom. The number of fused-ring (bicyclic) bond motifs is 1. The van der Waals surface area contributed by atoms with E-state index in [1.807, 2.05) is 73.5 Å². The summed E-state index contributed by atoms with van der Waals surface area (Å²) < 4.78 is 12.2. The molecule has 2 aromatic carbocycles. The molecule has 6 nitrogen and oxygen atoms in total. The van der Waals surface area contributed by atoms with Gasteiger partial charge in [-0.25, -0.2) is 9.69 Å². The maximum absolute atomic E-state index is 12.8. The first-order valence-electron chi connectivity index (χ1n) is 9.47. The molecule has 0 spiro atoms. The first-order chi connectivity index (χ1) is 14.5. The molecule has 1 aliphatic rings. The van der Waals surface area contributed by atoms with Crippen LogP contribution in [-0.2, 0) is 9.53 Å². The highest BCUT2D eigenvalue weighted by Gasteiger charge is 2.45. The number of methoxy groups -OCH3 is 2. The minimum atomic E-state index is -0.525. The average Bonchev–Trinajstić information content (AvgIpc) is 3.13. The van der Waals surface area contributed by atoms with E-state index in [1.165, 1.54) is 18.4 Å². The Morgan fingerprint density at radius 3 is 2.37 bits per heavy atom. The van der Waals surface area contributed by atoms with Crippen LogP contribution in [0.3, 0.4) is 0 Å². The van der Waals surface area contributed by atoms with Crippen LogP contribution in [0.1, 0.15) is 18.5 Å². The lowest BCUT2D eigenvalue weighted by Gasteiger charge is -2.27. The number of esters is 1. The first-order valence-corrected chi connectivity index (χ1v) is 10.3. The number of carbonyl (C=O) groups excluding carboxylic acids is 1. The summed E-state index contributed by atoms with van der Waals surface area (Å²) in [6, 6.07) is 16.7. The van der Waals surface area contributed by atoms with E-state index in [0.29, 0.717) is 5.57 Å². The number of allylic oxidation sites excluding steroid dienone is 1. The fourth-order valence-corrected chi connectivity index (χ4v) is 4.94. The SMILES string of the molecule is COC(=O)C1=C(C)N(C)c2sc(-c3ccccc3)c(O)[n+]2[C@@H]1c1ccc(OC)cc1. The van der Waals surface area contributed by atoms with Gasteiger partial charge >= 0.3 is 17.0 Å². The lowest BCUT2D eigenvalue weighted by atomic mass is 9.94. The zero-order valence-corrected chi connectivity index (χ0v) is 18.1. The Kier molecular flexibility index (Phi) is 5.22. The zero-order chi connectivity index (χ0) is 21.4. The van der Waals surface area contributed by atoms with Gasteiger partial charge in [0.05, 0.1) is 21.3 Å². The summed E-state index contributed by atoms with van der Waals surface area (Å²) in [4.78, 5) is 15.5. The van der Waals surface area contributed by atoms with E-state index in [2.05, 4.69) is 0 Å². The topological polar surface area (TPSA) is 62.9 Å². The van der Waals surface area contributed by atoms with Gasteiger partial charge in [-0.15, -0.1) is 0 Å². The van der Waals surface area contributed by atoms with Gasteiger partial charge in [-0.1, -0.05) is 42.5 Å². The van der Waals surface area contributed by atoms with Gasteiger partial charge in [0.25, 0.3) is 0 Å². The molecule has 0 aliphatic carbocycles. The second kappa shape index (κ2) is 7.84. The highest BCUT2D eigenvalue weighted by atomic mass is 32.1. The molecule has 7 heteroatoms. The van der Waals surface area contributed by atoms with Crippen LogP contribution in [-0.4, -0.2) is 32.3 Å². The molecule has 1 atom stereocenters. The number of ether oxygens (including phenoxy) is 2. The van der Waals surface area contributed by atoms with Gasteiger partial charge in [0.1, 0.15) is 21.9 Å².